The summed E-state index contributed by atoms with van der Waals surface area (Å²) in [5.74, 6) is -0.213. The van der Waals surface area contributed by atoms with Crippen molar-refractivity contribution in [3.8, 4) is 0 Å². The molecule has 19 heavy (non-hydrogen) atoms. The summed E-state index contributed by atoms with van der Waals surface area (Å²) in [6.07, 6.45) is 1.25. The molecule has 0 saturated heterocycles. The molecule has 0 unspecified atom stereocenters. The number of aryl methyl sites for hydroxylation is 1. The summed E-state index contributed by atoms with van der Waals surface area (Å²) in [5.41, 5.74) is -0.0912. The SMILES string of the molecule is Cc1cc(C(=O)Nc2nc(Cl)ccc2[N+](=O)[O-])co1. The van der Waals surface area contributed by atoms with Gasteiger partial charge in [-0.15, -0.1) is 0 Å². The lowest BCUT2D eigenvalue weighted by Gasteiger charge is -2.03. The monoisotopic (exact) mass is 281 g/mol. The Morgan fingerprint density at radius 2 is 2.26 bits per heavy atom. The molecule has 0 fully saturated rings. The Bertz CT molecular complexity index is 653. The van der Waals surface area contributed by atoms with E-state index in [1.54, 1.807) is 6.92 Å². The van der Waals surface area contributed by atoms with E-state index in [4.69, 9.17) is 16.0 Å². The van der Waals surface area contributed by atoms with Gasteiger partial charge in [-0.25, -0.2) is 4.98 Å². The van der Waals surface area contributed by atoms with E-state index in [9.17, 15) is 14.9 Å². The zero-order chi connectivity index (χ0) is 14.0. The Kier molecular flexibility index (Phi) is 3.48. The van der Waals surface area contributed by atoms with Crippen molar-refractivity contribution in [2.75, 3.05) is 5.32 Å². The molecule has 0 saturated carbocycles. The van der Waals surface area contributed by atoms with Crippen LogP contribution in [0, 0.1) is 17.0 Å². The van der Waals surface area contributed by atoms with Crippen LogP contribution >= 0.6 is 11.6 Å². The van der Waals surface area contributed by atoms with Gasteiger partial charge in [0.2, 0.25) is 5.82 Å². The Morgan fingerprint density at radius 3 is 2.84 bits per heavy atom. The predicted octanol–water partition coefficient (Wildman–Crippen LogP) is 2.80. The Hall–Kier alpha value is -2.41. The number of aromatic nitrogens is 1. The third kappa shape index (κ3) is 2.89. The average Bonchev–Trinajstić information content (AvgIpc) is 2.75. The maximum Gasteiger partial charge on any atom is 0.311 e. The highest BCUT2D eigenvalue weighted by molar-refractivity contribution is 6.29. The van der Waals surface area contributed by atoms with E-state index in [0.29, 0.717) is 5.76 Å². The van der Waals surface area contributed by atoms with E-state index in [1.807, 2.05) is 0 Å². The number of hydrogen-bond donors (Lipinski definition) is 1. The van der Waals surface area contributed by atoms with Crippen molar-refractivity contribution >= 4 is 29.0 Å². The zero-order valence-corrected chi connectivity index (χ0v) is 10.5. The minimum atomic E-state index is -0.653. The maximum absolute atomic E-state index is 11.8. The topological polar surface area (TPSA) is 98.3 Å². The Morgan fingerprint density at radius 1 is 1.53 bits per heavy atom. The van der Waals surface area contributed by atoms with Crippen LogP contribution in [-0.2, 0) is 0 Å². The number of rotatable bonds is 3. The van der Waals surface area contributed by atoms with Crippen LogP contribution in [0.5, 0.6) is 0 Å². The fourth-order valence-corrected chi connectivity index (χ4v) is 1.56. The first-order chi connectivity index (χ1) is 8.97. The number of carbonyl (C=O) groups excluding carboxylic acids is 1. The number of furan rings is 1. The lowest BCUT2D eigenvalue weighted by atomic mass is 10.3. The summed E-state index contributed by atoms with van der Waals surface area (Å²) in [4.78, 5) is 25.7. The number of amides is 1. The van der Waals surface area contributed by atoms with Gasteiger partial charge in [0.1, 0.15) is 17.2 Å². The Labute approximate surface area is 112 Å². The number of nitrogens with zero attached hydrogens (tertiary/aromatic N) is 2. The molecule has 7 nitrogen and oxygen atoms in total. The van der Waals surface area contributed by atoms with Crippen molar-refractivity contribution in [1.29, 1.82) is 0 Å². The highest BCUT2D eigenvalue weighted by Gasteiger charge is 2.19. The molecule has 0 spiro atoms. The van der Waals surface area contributed by atoms with Gasteiger partial charge in [-0.05, 0) is 19.1 Å². The first-order valence-electron chi connectivity index (χ1n) is 5.15. The van der Waals surface area contributed by atoms with E-state index < -0.39 is 10.8 Å². The highest BCUT2D eigenvalue weighted by Crippen LogP contribution is 2.24. The van der Waals surface area contributed by atoms with Crippen LogP contribution in [0.2, 0.25) is 5.15 Å². The van der Waals surface area contributed by atoms with Crippen molar-refractivity contribution in [1.82, 2.24) is 4.98 Å². The molecule has 0 aliphatic heterocycles. The van der Waals surface area contributed by atoms with E-state index in [2.05, 4.69) is 10.3 Å². The van der Waals surface area contributed by atoms with E-state index in [0.717, 1.165) is 0 Å². The molecule has 2 rings (SSSR count). The lowest BCUT2D eigenvalue weighted by molar-refractivity contribution is -0.384. The lowest BCUT2D eigenvalue weighted by Crippen LogP contribution is -2.13. The van der Waals surface area contributed by atoms with E-state index >= 15 is 0 Å². The molecular formula is C11H8ClN3O4. The second kappa shape index (κ2) is 5.07. The number of pyridine rings is 1. The fraction of sp³-hybridized carbons (Fsp3) is 0.0909. The van der Waals surface area contributed by atoms with Gasteiger partial charge in [0.15, 0.2) is 0 Å². The highest BCUT2D eigenvalue weighted by atomic mass is 35.5. The summed E-state index contributed by atoms with van der Waals surface area (Å²) in [6, 6.07) is 3.95. The smallest absolute Gasteiger partial charge is 0.311 e. The van der Waals surface area contributed by atoms with Crippen LogP contribution in [-0.4, -0.2) is 15.8 Å². The molecule has 1 N–H and O–H groups in total. The van der Waals surface area contributed by atoms with Crippen LogP contribution in [0.4, 0.5) is 11.5 Å². The molecule has 1 amide bonds. The summed E-state index contributed by atoms with van der Waals surface area (Å²) in [5, 5.41) is 13.2. The molecule has 8 heteroatoms. The third-order valence-electron chi connectivity index (χ3n) is 2.26. The molecule has 0 radical (unpaired) electrons. The average molecular weight is 282 g/mol. The van der Waals surface area contributed by atoms with Gasteiger partial charge in [0.25, 0.3) is 5.91 Å². The molecule has 0 aliphatic rings. The minimum Gasteiger partial charge on any atom is -0.469 e. The summed E-state index contributed by atoms with van der Waals surface area (Å²) >= 11 is 5.65. The quantitative estimate of drug-likeness (QED) is 0.530. The van der Waals surface area contributed by atoms with Gasteiger partial charge in [-0.2, -0.15) is 0 Å². The second-order valence-corrected chi connectivity index (χ2v) is 4.05. The number of halogens is 1. The fourth-order valence-electron chi connectivity index (χ4n) is 1.41. The normalized spacial score (nSPS) is 10.2. The number of carbonyl (C=O) groups is 1. The summed E-state index contributed by atoms with van der Waals surface area (Å²) in [6.45, 7) is 1.68. The summed E-state index contributed by atoms with van der Waals surface area (Å²) < 4.78 is 4.98. The molecule has 0 atom stereocenters. The number of nitro groups is 1. The molecule has 2 aromatic heterocycles. The minimum absolute atomic E-state index is 0.0456. The van der Waals surface area contributed by atoms with Crippen LogP contribution in [0.25, 0.3) is 0 Å². The first kappa shape index (κ1) is 13.0. The van der Waals surface area contributed by atoms with Crippen molar-refractivity contribution in [3.05, 3.63) is 51.1 Å². The van der Waals surface area contributed by atoms with Crippen LogP contribution < -0.4 is 5.32 Å². The molecule has 2 aromatic rings. The third-order valence-corrected chi connectivity index (χ3v) is 2.47. The van der Waals surface area contributed by atoms with Gasteiger partial charge < -0.3 is 9.73 Å². The molecule has 0 bridgehead atoms. The maximum atomic E-state index is 11.8. The van der Waals surface area contributed by atoms with Gasteiger partial charge in [0.05, 0.1) is 10.5 Å². The molecule has 98 valence electrons. The first-order valence-corrected chi connectivity index (χ1v) is 5.52. The molecule has 0 aromatic carbocycles. The number of nitrogens with one attached hydrogen (secondary N) is 1. The van der Waals surface area contributed by atoms with E-state index in [1.165, 1.54) is 24.5 Å². The largest absolute Gasteiger partial charge is 0.469 e. The van der Waals surface area contributed by atoms with Gasteiger partial charge >= 0.3 is 5.69 Å². The molecular weight excluding hydrogens is 274 g/mol. The van der Waals surface area contributed by atoms with Crippen molar-refractivity contribution < 1.29 is 14.1 Å². The second-order valence-electron chi connectivity index (χ2n) is 3.66. The molecule has 2 heterocycles. The standard InChI is InChI=1S/C11H8ClN3O4/c1-6-4-7(5-19-6)11(16)14-10-8(15(17)18)2-3-9(12)13-10/h2-5H,1H3,(H,13,14,16). The Balaban J connectivity index is 2.30. The van der Waals surface area contributed by atoms with Crippen molar-refractivity contribution in [2.45, 2.75) is 6.92 Å². The van der Waals surface area contributed by atoms with E-state index in [-0.39, 0.29) is 22.2 Å². The van der Waals surface area contributed by atoms with Gasteiger partial charge in [-0.3, -0.25) is 14.9 Å². The number of hydrogen-bond acceptors (Lipinski definition) is 5. The number of anilines is 1. The van der Waals surface area contributed by atoms with Gasteiger partial charge in [-0.1, -0.05) is 11.6 Å². The van der Waals surface area contributed by atoms with Crippen LogP contribution in [0.15, 0.2) is 28.9 Å². The summed E-state index contributed by atoms with van der Waals surface area (Å²) in [7, 11) is 0. The predicted molar refractivity (Wildman–Crippen MR) is 67.3 cm³/mol. The van der Waals surface area contributed by atoms with Crippen molar-refractivity contribution in [3.63, 3.8) is 0 Å². The van der Waals surface area contributed by atoms with Crippen LogP contribution in [0.3, 0.4) is 0 Å². The van der Waals surface area contributed by atoms with Crippen LogP contribution in [0.1, 0.15) is 16.1 Å². The van der Waals surface area contributed by atoms with Crippen molar-refractivity contribution in [2.24, 2.45) is 0 Å². The molecule has 0 aliphatic carbocycles. The van der Waals surface area contributed by atoms with Gasteiger partial charge in [0, 0.05) is 6.07 Å². The zero-order valence-electron chi connectivity index (χ0n) is 9.71.